The molecule has 0 spiro atoms. The van der Waals surface area contributed by atoms with Gasteiger partial charge in [0.1, 0.15) is 11.5 Å². The summed E-state index contributed by atoms with van der Waals surface area (Å²) in [7, 11) is 3.88. The van der Waals surface area contributed by atoms with Crippen molar-refractivity contribution in [2.24, 2.45) is 0 Å². The Bertz CT molecular complexity index is 668. The second-order valence-corrected chi connectivity index (χ2v) is 5.44. The Kier molecular flexibility index (Phi) is 2.43. The molecule has 102 valence electrons. The predicted molar refractivity (Wildman–Crippen MR) is 78.8 cm³/mol. The third-order valence-electron chi connectivity index (χ3n) is 4.47. The van der Waals surface area contributed by atoms with Gasteiger partial charge in [-0.1, -0.05) is 18.2 Å². The average molecular weight is 267 g/mol. The first-order valence-corrected chi connectivity index (χ1v) is 6.92. The van der Waals surface area contributed by atoms with Crippen LogP contribution < -0.4 is 14.4 Å². The van der Waals surface area contributed by atoms with Crippen LogP contribution in [0.2, 0.25) is 0 Å². The maximum Gasteiger partial charge on any atom is 0.124 e. The number of ether oxygens (including phenoxy) is 2. The van der Waals surface area contributed by atoms with E-state index in [1.54, 1.807) is 7.11 Å². The molecule has 2 heterocycles. The van der Waals surface area contributed by atoms with Crippen molar-refractivity contribution >= 4 is 5.69 Å². The van der Waals surface area contributed by atoms with Crippen molar-refractivity contribution in [3.8, 4) is 11.5 Å². The van der Waals surface area contributed by atoms with E-state index in [9.17, 15) is 0 Å². The van der Waals surface area contributed by atoms with Crippen LogP contribution in [0.25, 0.3) is 0 Å². The molecule has 2 unspecified atom stereocenters. The number of benzene rings is 2. The quantitative estimate of drug-likeness (QED) is 0.790. The van der Waals surface area contributed by atoms with Gasteiger partial charge in [0.15, 0.2) is 0 Å². The minimum absolute atomic E-state index is 0.363. The van der Waals surface area contributed by atoms with Crippen LogP contribution in [0, 0.1) is 0 Å². The van der Waals surface area contributed by atoms with Crippen LogP contribution in [0.1, 0.15) is 23.1 Å². The zero-order valence-electron chi connectivity index (χ0n) is 11.7. The van der Waals surface area contributed by atoms with E-state index < -0.39 is 0 Å². The normalized spacial score (nSPS) is 22.6. The van der Waals surface area contributed by atoms with Gasteiger partial charge in [0.05, 0.1) is 19.8 Å². The Morgan fingerprint density at radius 3 is 2.85 bits per heavy atom. The lowest BCUT2D eigenvalue weighted by Gasteiger charge is -2.33. The summed E-state index contributed by atoms with van der Waals surface area (Å²) in [6.07, 6.45) is 0. The van der Waals surface area contributed by atoms with E-state index in [1.807, 2.05) is 12.1 Å². The summed E-state index contributed by atoms with van der Waals surface area (Å²) in [5.74, 6) is 2.30. The molecule has 20 heavy (non-hydrogen) atoms. The fourth-order valence-corrected chi connectivity index (χ4v) is 3.51. The number of hydrogen-bond acceptors (Lipinski definition) is 3. The molecule has 3 heteroatoms. The summed E-state index contributed by atoms with van der Waals surface area (Å²) in [5.41, 5.74) is 3.88. The number of hydrogen-bond donors (Lipinski definition) is 0. The van der Waals surface area contributed by atoms with E-state index in [4.69, 9.17) is 9.47 Å². The Morgan fingerprint density at radius 1 is 1.15 bits per heavy atom. The van der Waals surface area contributed by atoms with Crippen molar-refractivity contribution < 1.29 is 9.47 Å². The van der Waals surface area contributed by atoms with E-state index in [0.717, 1.165) is 18.1 Å². The van der Waals surface area contributed by atoms with Gasteiger partial charge in [-0.2, -0.15) is 0 Å². The van der Waals surface area contributed by atoms with Crippen LogP contribution in [0.4, 0.5) is 5.69 Å². The molecule has 2 aromatic carbocycles. The van der Waals surface area contributed by atoms with Crippen molar-refractivity contribution in [1.82, 2.24) is 0 Å². The third kappa shape index (κ3) is 1.46. The first-order chi connectivity index (χ1) is 9.79. The smallest absolute Gasteiger partial charge is 0.124 e. The van der Waals surface area contributed by atoms with Crippen LogP contribution in [-0.2, 0) is 0 Å². The zero-order valence-corrected chi connectivity index (χ0v) is 11.7. The summed E-state index contributed by atoms with van der Waals surface area (Å²) in [6.45, 7) is 0.728. The minimum Gasteiger partial charge on any atom is -0.497 e. The van der Waals surface area contributed by atoms with Crippen molar-refractivity contribution in [3.05, 3.63) is 53.6 Å². The molecular weight excluding hydrogens is 250 g/mol. The lowest BCUT2D eigenvalue weighted by molar-refractivity contribution is 0.245. The largest absolute Gasteiger partial charge is 0.497 e. The Morgan fingerprint density at radius 2 is 2.00 bits per heavy atom. The van der Waals surface area contributed by atoms with Gasteiger partial charge in [-0.15, -0.1) is 0 Å². The molecule has 0 N–H and O–H groups in total. The maximum absolute atomic E-state index is 5.95. The highest BCUT2D eigenvalue weighted by Gasteiger charge is 2.42. The van der Waals surface area contributed by atoms with Crippen molar-refractivity contribution in [1.29, 1.82) is 0 Å². The highest BCUT2D eigenvalue weighted by atomic mass is 16.5. The highest BCUT2D eigenvalue weighted by molar-refractivity contribution is 5.66. The second-order valence-electron chi connectivity index (χ2n) is 5.44. The fraction of sp³-hybridized carbons (Fsp3) is 0.294. The Labute approximate surface area is 118 Å². The van der Waals surface area contributed by atoms with E-state index >= 15 is 0 Å². The molecule has 0 aromatic heterocycles. The molecule has 0 amide bonds. The summed E-state index contributed by atoms with van der Waals surface area (Å²) >= 11 is 0. The molecule has 0 aliphatic carbocycles. The summed E-state index contributed by atoms with van der Waals surface area (Å²) < 4.78 is 11.3. The number of fused-ring (bicyclic) bond motifs is 5. The van der Waals surface area contributed by atoms with Gasteiger partial charge in [0.2, 0.25) is 0 Å². The molecule has 2 aromatic rings. The Hall–Kier alpha value is -2.16. The van der Waals surface area contributed by atoms with Gasteiger partial charge in [0.25, 0.3) is 0 Å². The number of anilines is 1. The number of methoxy groups -OCH3 is 1. The molecule has 2 aliphatic heterocycles. The van der Waals surface area contributed by atoms with Gasteiger partial charge < -0.3 is 14.4 Å². The first-order valence-electron chi connectivity index (χ1n) is 6.92. The molecule has 0 radical (unpaired) electrons. The number of rotatable bonds is 1. The van der Waals surface area contributed by atoms with Gasteiger partial charge in [0, 0.05) is 24.2 Å². The van der Waals surface area contributed by atoms with Crippen molar-refractivity contribution in [2.45, 2.75) is 12.0 Å². The predicted octanol–water partition coefficient (Wildman–Crippen LogP) is 3.36. The van der Waals surface area contributed by atoms with Crippen LogP contribution >= 0.6 is 0 Å². The number of likely N-dealkylation sites (N-methyl/N-ethyl adjacent to an activating group) is 1. The first kappa shape index (κ1) is 11.6. The van der Waals surface area contributed by atoms with Crippen LogP contribution in [0.3, 0.4) is 0 Å². The lowest BCUT2D eigenvalue weighted by atomic mass is 9.88. The van der Waals surface area contributed by atoms with Crippen LogP contribution in [0.15, 0.2) is 42.5 Å². The Balaban J connectivity index is 1.85. The number of nitrogens with zero attached hydrogens (tertiary/aromatic N) is 1. The summed E-state index contributed by atoms with van der Waals surface area (Å²) in [6, 6.07) is 15.0. The van der Waals surface area contributed by atoms with E-state index in [0.29, 0.717) is 12.0 Å². The summed E-state index contributed by atoms with van der Waals surface area (Å²) in [5, 5.41) is 0. The van der Waals surface area contributed by atoms with Crippen molar-refractivity contribution in [3.63, 3.8) is 0 Å². The third-order valence-corrected chi connectivity index (χ3v) is 4.47. The molecular formula is C17H17NO2. The SMILES string of the molecule is COc1ccc2c(c1)C1COc3ccccc3C1N2C. The van der Waals surface area contributed by atoms with Crippen LogP contribution in [-0.4, -0.2) is 20.8 Å². The standard InChI is InChI=1S/C17H17NO2/c1-18-15-8-7-11(19-2)9-13(15)14-10-20-16-6-4-3-5-12(16)17(14)18/h3-9,14,17H,10H2,1-2H3. The fourth-order valence-electron chi connectivity index (χ4n) is 3.51. The molecule has 3 nitrogen and oxygen atoms in total. The minimum atomic E-state index is 0.363. The summed E-state index contributed by atoms with van der Waals surface area (Å²) in [4.78, 5) is 2.36. The van der Waals surface area contributed by atoms with Crippen LogP contribution in [0.5, 0.6) is 11.5 Å². The maximum atomic E-state index is 5.95. The number of para-hydroxylation sites is 1. The topological polar surface area (TPSA) is 21.7 Å². The lowest BCUT2D eigenvalue weighted by Crippen LogP contribution is -2.29. The molecule has 0 fully saturated rings. The highest BCUT2D eigenvalue weighted by Crippen LogP contribution is 2.53. The molecule has 0 bridgehead atoms. The molecule has 0 saturated heterocycles. The van der Waals surface area contributed by atoms with Gasteiger partial charge in [-0.3, -0.25) is 0 Å². The second kappa shape index (κ2) is 4.17. The molecule has 4 rings (SSSR count). The molecule has 2 aliphatic rings. The van der Waals surface area contributed by atoms with E-state index in [2.05, 4.69) is 42.3 Å². The van der Waals surface area contributed by atoms with Crippen molar-refractivity contribution in [2.75, 3.05) is 25.7 Å². The van der Waals surface area contributed by atoms with Gasteiger partial charge in [-0.25, -0.2) is 0 Å². The van der Waals surface area contributed by atoms with E-state index in [1.165, 1.54) is 16.8 Å². The molecule has 2 atom stereocenters. The van der Waals surface area contributed by atoms with E-state index in [-0.39, 0.29) is 0 Å². The molecule has 0 saturated carbocycles. The van der Waals surface area contributed by atoms with Gasteiger partial charge >= 0.3 is 0 Å². The monoisotopic (exact) mass is 267 g/mol. The zero-order chi connectivity index (χ0) is 13.7. The average Bonchev–Trinajstić information content (AvgIpc) is 2.80. The van der Waals surface area contributed by atoms with Gasteiger partial charge in [-0.05, 0) is 29.8 Å².